The van der Waals surface area contributed by atoms with Crippen LogP contribution in [0.1, 0.15) is 36.7 Å². The molecule has 0 aliphatic carbocycles. The molecule has 2 rings (SSSR count). The standard InChI is InChI=1S/C13H17N3O/c1-9(2)12-6-14-5-4-11(12)7-16-8-13(17)15-10(16)3/h4-6,8-9,17H,7H2,1-3H3. The van der Waals surface area contributed by atoms with Crippen molar-refractivity contribution in [3.05, 3.63) is 41.6 Å². The first-order chi connectivity index (χ1) is 8.08. The highest BCUT2D eigenvalue weighted by Crippen LogP contribution is 2.20. The number of aromatic hydroxyl groups is 1. The second kappa shape index (κ2) is 4.57. The lowest BCUT2D eigenvalue weighted by molar-refractivity contribution is 0.455. The van der Waals surface area contributed by atoms with E-state index in [2.05, 4.69) is 23.8 Å². The normalized spacial score (nSPS) is 11.1. The summed E-state index contributed by atoms with van der Waals surface area (Å²) in [5, 5.41) is 9.35. The highest BCUT2D eigenvalue weighted by atomic mass is 16.3. The van der Waals surface area contributed by atoms with Crippen LogP contribution in [0.2, 0.25) is 0 Å². The molecule has 0 aromatic carbocycles. The molecule has 0 aliphatic heterocycles. The van der Waals surface area contributed by atoms with E-state index < -0.39 is 0 Å². The predicted octanol–water partition coefficient (Wildman–Crippen LogP) is 2.46. The van der Waals surface area contributed by atoms with Crippen molar-refractivity contribution < 1.29 is 5.11 Å². The molecular formula is C13H17N3O. The Bertz CT molecular complexity index is 517. The highest BCUT2D eigenvalue weighted by Gasteiger charge is 2.09. The van der Waals surface area contributed by atoms with Crippen molar-refractivity contribution in [2.45, 2.75) is 33.2 Å². The Kier molecular flexibility index (Phi) is 3.13. The fraction of sp³-hybridized carbons (Fsp3) is 0.385. The Morgan fingerprint density at radius 3 is 2.76 bits per heavy atom. The maximum Gasteiger partial charge on any atom is 0.229 e. The zero-order valence-electron chi connectivity index (χ0n) is 10.4. The summed E-state index contributed by atoms with van der Waals surface area (Å²) in [7, 11) is 0. The van der Waals surface area contributed by atoms with Gasteiger partial charge in [0.15, 0.2) is 0 Å². The van der Waals surface area contributed by atoms with E-state index in [1.165, 1.54) is 11.1 Å². The van der Waals surface area contributed by atoms with Gasteiger partial charge >= 0.3 is 0 Å². The molecule has 2 aromatic heterocycles. The second-order valence-electron chi connectivity index (χ2n) is 4.50. The lowest BCUT2D eigenvalue weighted by atomic mass is 10.00. The molecule has 2 heterocycles. The van der Waals surface area contributed by atoms with Crippen LogP contribution in [0.3, 0.4) is 0 Å². The number of aryl methyl sites for hydroxylation is 1. The lowest BCUT2D eigenvalue weighted by Crippen LogP contribution is -2.05. The van der Waals surface area contributed by atoms with Gasteiger partial charge in [-0.25, -0.2) is 0 Å². The zero-order valence-corrected chi connectivity index (χ0v) is 10.4. The van der Waals surface area contributed by atoms with E-state index >= 15 is 0 Å². The molecule has 4 nitrogen and oxygen atoms in total. The van der Waals surface area contributed by atoms with Gasteiger partial charge in [0.25, 0.3) is 0 Å². The van der Waals surface area contributed by atoms with Crippen LogP contribution >= 0.6 is 0 Å². The summed E-state index contributed by atoms with van der Waals surface area (Å²) >= 11 is 0. The summed E-state index contributed by atoms with van der Waals surface area (Å²) < 4.78 is 1.94. The molecule has 0 aliphatic rings. The van der Waals surface area contributed by atoms with Gasteiger partial charge in [0.2, 0.25) is 5.88 Å². The van der Waals surface area contributed by atoms with Crippen molar-refractivity contribution in [3.63, 3.8) is 0 Å². The van der Waals surface area contributed by atoms with Crippen molar-refractivity contribution in [2.24, 2.45) is 0 Å². The third-order valence-corrected chi connectivity index (χ3v) is 2.87. The lowest BCUT2D eigenvalue weighted by Gasteiger charge is -2.12. The molecule has 0 fully saturated rings. The number of pyridine rings is 1. The van der Waals surface area contributed by atoms with E-state index in [0.717, 1.165) is 12.4 Å². The van der Waals surface area contributed by atoms with Crippen LogP contribution in [-0.2, 0) is 6.54 Å². The topological polar surface area (TPSA) is 50.9 Å². The fourth-order valence-corrected chi connectivity index (χ4v) is 1.93. The van der Waals surface area contributed by atoms with E-state index in [1.54, 1.807) is 12.4 Å². The number of hydrogen-bond acceptors (Lipinski definition) is 3. The Hall–Kier alpha value is -1.84. The first-order valence-electron chi connectivity index (χ1n) is 5.73. The number of hydrogen-bond donors (Lipinski definition) is 1. The Morgan fingerprint density at radius 2 is 2.18 bits per heavy atom. The third-order valence-electron chi connectivity index (χ3n) is 2.87. The quantitative estimate of drug-likeness (QED) is 0.882. The molecule has 1 N–H and O–H groups in total. The molecule has 0 radical (unpaired) electrons. The maximum atomic E-state index is 9.35. The van der Waals surface area contributed by atoms with Gasteiger partial charge in [-0.2, -0.15) is 4.98 Å². The number of nitrogens with zero attached hydrogens (tertiary/aromatic N) is 3. The monoisotopic (exact) mass is 231 g/mol. The first-order valence-corrected chi connectivity index (χ1v) is 5.73. The third kappa shape index (κ3) is 2.46. The minimum atomic E-state index is 0.0719. The Labute approximate surface area is 101 Å². The summed E-state index contributed by atoms with van der Waals surface area (Å²) in [4.78, 5) is 8.15. The molecule has 2 aromatic rings. The SMILES string of the molecule is Cc1nc(O)cn1Cc1ccncc1C(C)C. The molecule has 4 heteroatoms. The average molecular weight is 231 g/mol. The minimum Gasteiger partial charge on any atom is -0.492 e. The van der Waals surface area contributed by atoms with Crippen LogP contribution in [0.4, 0.5) is 0 Å². The number of aromatic nitrogens is 3. The molecule has 0 bridgehead atoms. The molecule has 17 heavy (non-hydrogen) atoms. The molecule has 90 valence electrons. The summed E-state index contributed by atoms with van der Waals surface area (Å²) in [6, 6.07) is 2.02. The van der Waals surface area contributed by atoms with Crippen LogP contribution in [0.25, 0.3) is 0 Å². The van der Waals surface area contributed by atoms with Crippen molar-refractivity contribution in [2.75, 3.05) is 0 Å². The van der Waals surface area contributed by atoms with E-state index in [1.807, 2.05) is 23.8 Å². The Balaban J connectivity index is 2.33. The van der Waals surface area contributed by atoms with Crippen LogP contribution < -0.4 is 0 Å². The summed E-state index contributed by atoms with van der Waals surface area (Å²) in [6.07, 6.45) is 5.36. The average Bonchev–Trinajstić information content (AvgIpc) is 2.58. The fourth-order valence-electron chi connectivity index (χ4n) is 1.93. The maximum absolute atomic E-state index is 9.35. The van der Waals surface area contributed by atoms with Gasteiger partial charge in [0.05, 0.1) is 6.20 Å². The number of rotatable bonds is 3. The number of imidazole rings is 1. The van der Waals surface area contributed by atoms with Crippen molar-refractivity contribution in [3.8, 4) is 5.88 Å². The van der Waals surface area contributed by atoms with Gasteiger partial charge in [-0.15, -0.1) is 0 Å². The first kappa shape index (κ1) is 11.6. The van der Waals surface area contributed by atoms with E-state index in [0.29, 0.717) is 5.92 Å². The smallest absolute Gasteiger partial charge is 0.229 e. The minimum absolute atomic E-state index is 0.0719. The zero-order chi connectivity index (χ0) is 12.4. The molecular weight excluding hydrogens is 214 g/mol. The van der Waals surface area contributed by atoms with Crippen molar-refractivity contribution in [1.29, 1.82) is 0 Å². The van der Waals surface area contributed by atoms with Crippen molar-refractivity contribution >= 4 is 0 Å². The van der Waals surface area contributed by atoms with Gasteiger partial charge in [0.1, 0.15) is 5.82 Å². The summed E-state index contributed by atoms with van der Waals surface area (Å²) in [6.45, 7) is 6.91. The molecule has 0 saturated heterocycles. The van der Waals surface area contributed by atoms with Crippen molar-refractivity contribution in [1.82, 2.24) is 14.5 Å². The van der Waals surface area contributed by atoms with Gasteiger partial charge in [0, 0.05) is 18.9 Å². The van der Waals surface area contributed by atoms with E-state index in [-0.39, 0.29) is 5.88 Å². The second-order valence-corrected chi connectivity index (χ2v) is 4.50. The largest absolute Gasteiger partial charge is 0.492 e. The van der Waals surface area contributed by atoms with Gasteiger partial charge in [-0.3, -0.25) is 4.98 Å². The van der Waals surface area contributed by atoms with Crippen LogP contribution in [0, 0.1) is 6.92 Å². The molecule has 0 saturated carbocycles. The molecule has 0 unspecified atom stereocenters. The van der Waals surface area contributed by atoms with Crippen LogP contribution in [0.15, 0.2) is 24.7 Å². The summed E-state index contributed by atoms with van der Waals surface area (Å²) in [5.74, 6) is 1.33. The van der Waals surface area contributed by atoms with Gasteiger partial charge in [-0.1, -0.05) is 13.8 Å². The van der Waals surface area contributed by atoms with Crippen LogP contribution in [0.5, 0.6) is 5.88 Å². The summed E-state index contributed by atoms with van der Waals surface area (Å²) in [5.41, 5.74) is 2.45. The predicted molar refractivity (Wildman–Crippen MR) is 66.1 cm³/mol. The van der Waals surface area contributed by atoms with Gasteiger partial charge in [-0.05, 0) is 30.0 Å². The van der Waals surface area contributed by atoms with Crippen LogP contribution in [-0.4, -0.2) is 19.6 Å². The Morgan fingerprint density at radius 1 is 1.41 bits per heavy atom. The van der Waals surface area contributed by atoms with Gasteiger partial charge < -0.3 is 9.67 Å². The van der Waals surface area contributed by atoms with E-state index in [9.17, 15) is 5.11 Å². The molecule has 0 spiro atoms. The highest BCUT2D eigenvalue weighted by molar-refractivity contribution is 5.27. The molecule has 0 amide bonds. The van der Waals surface area contributed by atoms with E-state index in [4.69, 9.17) is 0 Å². The molecule has 0 atom stereocenters.